The van der Waals surface area contributed by atoms with Crippen molar-refractivity contribution in [2.45, 2.75) is 4.90 Å². The van der Waals surface area contributed by atoms with E-state index in [1.807, 2.05) is 0 Å². The Morgan fingerprint density at radius 3 is 2.40 bits per heavy atom. The van der Waals surface area contributed by atoms with E-state index in [0.29, 0.717) is 10.7 Å². The van der Waals surface area contributed by atoms with Crippen molar-refractivity contribution in [3.05, 3.63) is 58.3 Å². The molecule has 0 saturated carbocycles. The molecule has 20 heavy (non-hydrogen) atoms. The summed E-state index contributed by atoms with van der Waals surface area (Å²) in [5, 5.41) is 0.244. The molecule has 2 aromatic carbocycles. The molecule has 0 unspecified atom stereocenters. The third-order valence-corrected chi connectivity index (χ3v) is 5.21. The lowest BCUT2D eigenvalue weighted by molar-refractivity contribution is 0.593. The van der Waals surface area contributed by atoms with E-state index in [0.717, 1.165) is 22.5 Å². The highest BCUT2D eigenvalue weighted by Crippen LogP contribution is 2.28. The fraction of sp³-hybridized carbons (Fsp3) is 0.0769. The number of sulfonamides is 1. The Morgan fingerprint density at radius 1 is 1.10 bits per heavy atom. The fourth-order valence-corrected chi connectivity index (χ4v) is 3.52. The van der Waals surface area contributed by atoms with Crippen LogP contribution in [-0.4, -0.2) is 15.5 Å². The third kappa shape index (κ3) is 2.90. The Hall–Kier alpha value is -1.30. The summed E-state index contributed by atoms with van der Waals surface area (Å²) in [6, 6.07) is 9.52. The molecule has 0 spiro atoms. The molecular weight excluding hydrogens is 324 g/mol. The molecule has 0 aromatic heterocycles. The molecule has 7 heteroatoms. The highest BCUT2D eigenvalue weighted by molar-refractivity contribution is 7.93. The van der Waals surface area contributed by atoms with Gasteiger partial charge in [-0.1, -0.05) is 29.3 Å². The summed E-state index contributed by atoms with van der Waals surface area (Å²) in [5.41, 5.74) is 0.387. The zero-order chi connectivity index (χ0) is 14.9. The van der Waals surface area contributed by atoms with Crippen molar-refractivity contribution in [1.82, 2.24) is 0 Å². The SMILES string of the molecule is CN(c1cccc(Cl)c1)S(=O)(=O)c1ccc(F)cc1Cl. The molecular formula is C13H10Cl2FNO2S. The maximum absolute atomic E-state index is 13.0. The predicted octanol–water partition coefficient (Wildman–Crippen LogP) is 3.96. The zero-order valence-electron chi connectivity index (χ0n) is 10.3. The molecule has 0 atom stereocenters. The van der Waals surface area contributed by atoms with Gasteiger partial charge in [0.05, 0.1) is 10.7 Å². The van der Waals surface area contributed by atoms with Gasteiger partial charge in [0.2, 0.25) is 0 Å². The summed E-state index contributed by atoms with van der Waals surface area (Å²) in [6.07, 6.45) is 0. The molecule has 0 amide bonds. The summed E-state index contributed by atoms with van der Waals surface area (Å²) in [6.45, 7) is 0. The molecule has 0 aliphatic heterocycles. The van der Waals surface area contributed by atoms with Crippen LogP contribution in [0, 0.1) is 5.82 Å². The van der Waals surface area contributed by atoms with Gasteiger partial charge in [-0.3, -0.25) is 4.31 Å². The van der Waals surface area contributed by atoms with Crippen LogP contribution in [0.15, 0.2) is 47.4 Å². The van der Waals surface area contributed by atoms with Crippen molar-refractivity contribution in [1.29, 1.82) is 0 Å². The van der Waals surface area contributed by atoms with Crippen molar-refractivity contribution in [2.24, 2.45) is 0 Å². The first-order valence-corrected chi connectivity index (χ1v) is 7.71. The Morgan fingerprint density at radius 2 is 1.80 bits per heavy atom. The Bertz CT molecular complexity index is 750. The minimum absolute atomic E-state index is 0.164. The first kappa shape index (κ1) is 15.1. The van der Waals surface area contributed by atoms with E-state index in [9.17, 15) is 12.8 Å². The van der Waals surface area contributed by atoms with Crippen LogP contribution in [0.3, 0.4) is 0 Å². The van der Waals surface area contributed by atoms with Crippen molar-refractivity contribution < 1.29 is 12.8 Å². The lowest BCUT2D eigenvalue weighted by Gasteiger charge is -2.20. The molecule has 0 heterocycles. The maximum atomic E-state index is 13.0. The van der Waals surface area contributed by atoms with Gasteiger partial charge in [-0.05, 0) is 36.4 Å². The molecule has 0 aliphatic carbocycles. The number of rotatable bonds is 3. The first-order valence-electron chi connectivity index (χ1n) is 5.52. The van der Waals surface area contributed by atoms with Gasteiger partial charge in [0.15, 0.2) is 0 Å². The number of anilines is 1. The average molecular weight is 334 g/mol. The molecule has 2 rings (SSSR count). The highest BCUT2D eigenvalue weighted by Gasteiger charge is 2.24. The van der Waals surface area contributed by atoms with Crippen LogP contribution in [-0.2, 0) is 10.0 Å². The van der Waals surface area contributed by atoms with Gasteiger partial charge in [-0.2, -0.15) is 0 Å². The lowest BCUT2D eigenvalue weighted by atomic mass is 10.3. The van der Waals surface area contributed by atoms with Gasteiger partial charge in [-0.15, -0.1) is 0 Å². The number of nitrogens with zero attached hydrogens (tertiary/aromatic N) is 1. The van der Waals surface area contributed by atoms with Gasteiger partial charge < -0.3 is 0 Å². The minimum Gasteiger partial charge on any atom is -0.269 e. The van der Waals surface area contributed by atoms with Crippen LogP contribution in [0.25, 0.3) is 0 Å². The van der Waals surface area contributed by atoms with Gasteiger partial charge in [0.1, 0.15) is 10.7 Å². The van der Waals surface area contributed by atoms with E-state index in [-0.39, 0.29) is 9.92 Å². The van der Waals surface area contributed by atoms with Crippen molar-refractivity contribution in [3.8, 4) is 0 Å². The Labute approximate surface area is 126 Å². The summed E-state index contributed by atoms with van der Waals surface area (Å²) in [4.78, 5) is -0.164. The normalized spacial score (nSPS) is 11.4. The monoisotopic (exact) mass is 333 g/mol. The minimum atomic E-state index is -3.88. The zero-order valence-corrected chi connectivity index (χ0v) is 12.7. The number of hydrogen-bond acceptors (Lipinski definition) is 2. The van der Waals surface area contributed by atoms with Gasteiger partial charge in [0.25, 0.3) is 10.0 Å². The predicted molar refractivity (Wildman–Crippen MR) is 78.5 cm³/mol. The summed E-state index contributed by atoms with van der Waals surface area (Å²) in [7, 11) is -2.50. The molecule has 0 N–H and O–H groups in total. The summed E-state index contributed by atoms with van der Waals surface area (Å²) in [5.74, 6) is -0.598. The lowest BCUT2D eigenvalue weighted by Crippen LogP contribution is -2.26. The molecule has 3 nitrogen and oxygen atoms in total. The van der Waals surface area contributed by atoms with Crippen molar-refractivity contribution in [2.75, 3.05) is 11.4 Å². The molecule has 106 valence electrons. The van der Waals surface area contributed by atoms with Crippen molar-refractivity contribution >= 4 is 38.9 Å². The third-order valence-electron chi connectivity index (χ3n) is 2.70. The second kappa shape index (κ2) is 5.60. The molecule has 0 radical (unpaired) electrons. The van der Waals surface area contributed by atoms with E-state index >= 15 is 0 Å². The topological polar surface area (TPSA) is 37.4 Å². The van der Waals surface area contributed by atoms with E-state index < -0.39 is 15.8 Å². The van der Waals surface area contributed by atoms with Crippen LogP contribution in [0.4, 0.5) is 10.1 Å². The standard InChI is InChI=1S/C13H10Cl2FNO2S/c1-17(11-4-2-3-9(14)7-11)20(18,19)13-6-5-10(16)8-12(13)15/h2-8H,1H3. The smallest absolute Gasteiger partial charge is 0.265 e. The van der Waals surface area contributed by atoms with Crippen LogP contribution in [0.1, 0.15) is 0 Å². The number of hydrogen-bond donors (Lipinski definition) is 0. The molecule has 0 aliphatic rings. The molecule has 0 fully saturated rings. The number of halogens is 3. The Balaban J connectivity index is 2.49. The highest BCUT2D eigenvalue weighted by atomic mass is 35.5. The van der Waals surface area contributed by atoms with E-state index in [2.05, 4.69) is 0 Å². The van der Waals surface area contributed by atoms with E-state index in [4.69, 9.17) is 23.2 Å². The van der Waals surface area contributed by atoms with Gasteiger partial charge >= 0.3 is 0 Å². The Kier molecular flexibility index (Phi) is 4.22. The quantitative estimate of drug-likeness (QED) is 0.852. The largest absolute Gasteiger partial charge is 0.269 e. The maximum Gasteiger partial charge on any atom is 0.265 e. The fourth-order valence-electron chi connectivity index (χ4n) is 1.64. The number of benzene rings is 2. The van der Waals surface area contributed by atoms with Crippen LogP contribution < -0.4 is 4.31 Å². The van der Waals surface area contributed by atoms with Crippen LogP contribution in [0.2, 0.25) is 10.0 Å². The average Bonchev–Trinajstić information content (AvgIpc) is 2.37. The summed E-state index contributed by atoms with van der Waals surface area (Å²) < 4.78 is 38.9. The second-order valence-corrected chi connectivity index (χ2v) is 6.81. The second-order valence-electron chi connectivity index (χ2n) is 4.03. The van der Waals surface area contributed by atoms with E-state index in [1.54, 1.807) is 18.2 Å². The summed E-state index contributed by atoms with van der Waals surface area (Å²) >= 11 is 11.6. The van der Waals surface area contributed by atoms with Gasteiger partial charge in [0, 0.05) is 12.1 Å². The molecule has 0 bridgehead atoms. The molecule has 0 saturated heterocycles. The molecule has 2 aromatic rings. The van der Waals surface area contributed by atoms with Crippen LogP contribution >= 0.6 is 23.2 Å². The van der Waals surface area contributed by atoms with Crippen molar-refractivity contribution in [3.63, 3.8) is 0 Å². The van der Waals surface area contributed by atoms with E-state index in [1.165, 1.54) is 13.1 Å². The van der Waals surface area contributed by atoms with Crippen LogP contribution in [0.5, 0.6) is 0 Å². The van der Waals surface area contributed by atoms with Gasteiger partial charge in [-0.25, -0.2) is 12.8 Å². The first-order chi connectivity index (χ1) is 9.32.